The fraction of sp³-hybridized carbons (Fsp3) is 0.444. The van der Waals surface area contributed by atoms with E-state index in [1.807, 2.05) is 48.5 Å². The molecule has 4 aliphatic rings. The molecule has 72 heavy (non-hydrogen) atoms. The molecule has 0 bridgehead atoms. The Morgan fingerprint density at radius 3 is 1.31 bits per heavy atom. The van der Waals surface area contributed by atoms with E-state index in [-0.39, 0.29) is 36.1 Å². The van der Waals surface area contributed by atoms with Crippen molar-refractivity contribution in [3.8, 4) is 0 Å². The lowest BCUT2D eigenvalue weighted by Crippen LogP contribution is -2.38. The molecule has 0 saturated carbocycles. The number of amides is 2. The van der Waals surface area contributed by atoms with Gasteiger partial charge in [-0.2, -0.15) is 0 Å². The number of rotatable bonds is 10. The number of hydrogen-bond donors (Lipinski definition) is 2. The molecular weight excluding hydrogens is 960 g/mol. The fourth-order valence-electron chi connectivity index (χ4n) is 11.0. The van der Waals surface area contributed by atoms with Gasteiger partial charge in [0.15, 0.2) is 0 Å². The van der Waals surface area contributed by atoms with Gasteiger partial charge in [-0.25, -0.2) is 19.6 Å². The normalized spacial score (nSPS) is 17.2. The molecule has 10 rings (SSSR count). The van der Waals surface area contributed by atoms with Crippen LogP contribution in [0.15, 0.2) is 72.8 Å². The maximum absolute atomic E-state index is 12.3. The molecule has 16 nitrogen and oxygen atoms in total. The van der Waals surface area contributed by atoms with E-state index < -0.39 is 11.9 Å². The Kier molecular flexibility index (Phi) is 15.2. The third kappa shape index (κ3) is 10.3. The number of fused-ring (bicyclic) bond motifs is 6. The molecule has 2 aromatic heterocycles. The van der Waals surface area contributed by atoms with Crippen LogP contribution in [0.25, 0.3) is 22.1 Å². The minimum atomic E-state index is -0.729. The Morgan fingerprint density at radius 1 is 0.583 bits per heavy atom. The highest BCUT2D eigenvalue weighted by Gasteiger charge is 2.33. The predicted molar refractivity (Wildman–Crippen MR) is 277 cm³/mol. The van der Waals surface area contributed by atoms with Gasteiger partial charge >= 0.3 is 24.1 Å². The van der Waals surface area contributed by atoms with E-state index in [0.717, 1.165) is 91.9 Å². The Bertz CT molecular complexity index is 2800. The number of aromatic nitrogens is 4. The third-order valence-electron chi connectivity index (χ3n) is 15.0. The second kappa shape index (κ2) is 21.7. The number of halogens is 2. The van der Waals surface area contributed by atoms with E-state index >= 15 is 0 Å². The van der Waals surface area contributed by atoms with Gasteiger partial charge in [-0.3, -0.25) is 9.59 Å². The number of hydrogen-bond acceptors (Lipinski definition) is 10. The SMILES string of the molecule is COC(=O)N1CCc2ccc3c(nc(N4CCC(C(=O)O)CC4)n3[C@@H](C)Cc3ccccc3Cl)c2C1.COC(=O)N1CCc2ccc3c(nc(N4CCC(C(=O)O)CC4)n3[C@H](C)Cc3ccccc3Cl)c2C1. The molecule has 4 aromatic carbocycles. The van der Waals surface area contributed by atoms with Crippen molar-refractivity contribution in [3.63, 3.8) is 0 Å². The van der Waals surface area contributed by atoms with E-state index in [1.165, 1.54) is 25.3 Å². The number of ether oxygens (including phenoxy) is 2. The quantitative estimate of drug-likeness (QED) is 0.133. The highest BCUT2D eigenvalue weighted by atomic mass is 35.5. The largest absolute Gasteiger partial charge is 0.481 e. The Balaban J connectivity index is 0.000000178. The summed E-state index contributed by atoms with van der Waals surface area (Å²) in [5.41, 5.74) is 10.4. The van der Waals surface area contributed by atoms with Crippen LogP contribution in [-0.2, 0) is 57.8 Å². The minimum absolute atomic E-state index is 0.0560. The smallest absolute Gasteiger partial charge is 0.409 e. The Morgan fingerprint density at radius 2 is 0.958 bits per heavy atom. The van der Waals surface area contributed by atoms with Crippen molar-refractivity contribution in [2.75, 3.05) is 63.3 Å². The summed E-state index contributed by atoms with van der Waals surface area (Å²) in [4.78, 5) is 65.7. The first-order chi connectivity index (χ1) is 34.7. The fourth-order valence-corrected chi connectivity index (χ4v) is 11.5. The van der Waals surface area contributed by atoms with Crippen LogP contribution in [0.3, 0.4) is 0 Å². The summed E-state index contributed by atoms with van der Waals surface area (Å²) in [6.07, 6.45) is 4.66. The Labute approximate surface area is 429 Å². The number of carbonyl (C=O) groups is 4. The van der Waals surface area contributed by atoms with Crippen LogP contribution in [0, 0.1) is 11.8 Å². The Hall–Kier alpha value is -6.52. The minimum Gasteiger partial charge on any atom is -0.481 e. The van der Waals surface area contributed by atoms with Gasteiger partial charge in [-0.1, -0.05) is 71.7 Å². The number of methoxy groups -OCH3 is 2. The summed E-state index contributed by atoms with van der Waals surface area (Å²) in [5, 5.41) is 20.4. The van der Waals surface area contributed by atoms with Crippen LogP contribution in [0.1, 0.15) is 85.0 Å². The number of benzene rings is 4. The molecule has 6 aromatic rings. The van der Waals surface area contributed by atoms with Gasteiger partial charge in [0.2, 0.25) is 11.9 Å². The molecule has 2 saturated heterocycles. The van der Waals surface area contributed by atoms with Crippen molar-refractivity contribution in [3.05, 3.63) is 116 Å². The van der Waals surface area contributed by atoms with E-state index in [2.05, 4.69) is 57.0 Å². The number of carbonyl (C=O) groups excluding carboxylic acids is 2. The molecule has 18 heteroatoms. The second-order valence-electron chi connectivity index (χ2n) is 19.5. The van der Waals surface area contributed by atoms with Crippen LogP contribution in [0.5, 0.6) is 0 Å². The number of imidazole rings is 2. The van der Waals surface area contributed by atoms with Crippen LogP contribution in [0.2, 0.25) is 10.0 Å². The van der Waals surface area contributed by atoms with Crippen molar-refractivity contribution in [1.29, 1.82) is 0 Å². The number of carboxylic acid groups (broad SMARTS) is 2. The van der Waals surface area contributed by atoms with Gasteiger partial charge in [0, 0.05) is 72.5 Å². The first kappa shape index (κ1) is 50.4. The molecule has 0 unspecified atom stereocenters. The van der Waals surface area contributed by atoms with Crippen LogP contribution in [0.4, 0.5) is 21.5 Å². The second-order valence-corrected chi connectivity index (χ2v) is 20.3. The molecule has 0 aliphatic carbocycles. The highest BCUT2D eigenvalue weighted by molar-refractivity contribution is 6.31. The predicted octanol–water partition coefficient (Wildman–Crippen LogP) is 9.84. The van der Waals surface area contributed by atoms with Crippen LogP contribution >= 0.6 is 23.2 Å². The van der Waals surface area contributed by atoms with Crippen molar-refractivity contribution < 1.29 is 38.9 Å². The average Bonchev–Trinajstić information content (AvgIpc) is 4.00. The molecule has 0 spiro atoms. The van der Waals surface area contributed by atoms with Crippen LogP contribution < -0.4 is 9.80 Å². The summed E-state index contributed by atoms with van der Waals surface area (Å²) < 4.78 is 14.5. The molecule has 2 amide bonds. The molecule has 2 fully saturated rings. The van der Waals surface area contributed by atoms with Crippen molar-refractivity contribution in [2.24, 2.45) is 11.8 Å². The van der Waals surface area contributed by atoms with Crippen LogP contribution in [-0.4, -0.2) is 117 Å². The topological polar surface area (TPSA) is 176 Å². The summed E-state index contributed by atoms with van der Waals surface area (Å²) in [7, 11) is 2.81. The zero-order valence-electron chi connectivity index (χ0n) is 41.2. The number of aliphatic carboxylic acids is 2. The van der Waals surface area contributed by atoms with Gasteiger partial charge < -0.3 is 48.4 Å². The third-order valence-corrected chi connectivity index (χ3v) is 15.8. The van der Waals surface area contributed by atoms with Crippen molar-refractivity contribution >= 4 is 81.3 Å². The summed E-state index contributed by atoms with van der Waals surface area (Å²) in [6.45, 7) is 9.01. The van der Waals surface area contributed by atoms with Gasteiger partial charge in [0.1, 0.15) is 0 Å². The zero-order valence-corrected chi connectivity index (χ0v) is 42.7. The monoisotopic (exact) mass is 1020 g/mol. The van der Waals surface area contributed by atoms with Gasteiger partial charge in [-0.05, 0) is 112 Å². The van der Waals surface area contributed by atoms with Gasteiger partial charge in [-0.15, -0.1) is 0 Å². The highest BCUT2D eigenvalue weighted by Crippen LogP contribution is 2.38. The molecule has 380 valence electrons. The number of anilines is 2. The van der Waals surface area contributed by atoms with E-state index in [4.69, 9.17) is 42.6 Å². The van der Waals surface area contributed by atoms with Crippen molar-refractivity contribution in [1.82, 2.24) is 28.9 Å². The first-order valence-electron chi connectivity index (χ1n) is 24.9. The first-order valence-corrected chi connectivity index (χ1v) is 25.6. The molecule has 2 atom stereocenters. The van der Waals surface area contributed by atoms with Crippen molar-refractivity contribution in [2.45, 2.75) is 90.4 Å². The molecule has 2 N–H and O–H groups in total. The molecule has 6 heterocycles. The number of carboxylic acids is 2. The summed E-state index contributed by atoms with van der Waals surface area (Å²) in [5.74, 6) is -0.407. The standard InChI is InChI=1S/2C27H31ClN4O4/c2*1-17(15-20-5-3-4-6-22(20)28)32-23-8-7-18-9-14-31(27(35)36-2)16-21(18)24(23)29-26(32)30-12-10-19(11-13-30)25(33)34/h2*3-8,17,19H,9-16H2,1-2H3,(H,33,34)/t2*17-/m10/s1. The lowest BCUT2D eigenvalue weighted by Gasteiger charge is -2.32. The van der Waals surface area contributed by atoms with E-state index in [9.17, 15) is 29.4 Å². The summed E-state index contributed by atoms with van der Waals surface area (Å²) >= 11 is 13.0. The lowest BCUT2D eigenvalue weighted by atomic mass is 9.97. The number of piperidine rings is 2. The average molecular weight is 1020 g/mol. The molecular formula is C54H62Cl2N8O8. The van der Waals surface area contributed by atoms with Gasteiger partial charge in [0.05, 0.1) is 61.2 Å². The van der Waals surface area contributed by atoms with E-state index in [0.29, 0.717) is 78.0 Å². The number of nitrogens with zero attached hydrogens (tertiary/aromatic N) is 8. The lowest BCUT2D eigenvalue weighted by molar-refractivity contribution is -0.143. The molecule has 4 aliphatic heterocycles. The maximum Gasteiger partial charge on any atom is 0.409 e. The summed E-state index contributed by atoms with van der Waals surface area (Å²) in [6, 6.07) is 24.4. The van der Waals surface area contributed by atoms with E-state index in [1.54, 1.807) is 9.80 Å². The maximum atomic E-state index is 12.3. The van der Waals surface area contributed by atoms with Gasteiger partial charge in [0.25, 0.3) is 0 Å². The zero-order chi connectivity index (χ0) is 50.8. The molecule has 0 radical (unpaired) electrons.